The van der Waals surface area contributed by atoms with Crippen molar-refractivity contribution in [1.29, 1.82) is 0 Å². The summed E-state index contributed by atoms with van der Waals surface area (Å²) >= 11 is 0. The lowest BCUT2D eigenvalue weighted by Gasteiger charge is -2.11. The van der Waals surface area contributed by atoms with E-state index in [9.17, 15) is 4.79 Å². The Bertz CT molecular complexity index is 633. The number of rotatable bonds is 4. The molecule has 4 N–H and O–H groups in total. The summed E-state index contributed by atoms with van der Waals surface area (Å²) in [5.41, 5.74) is 6.76. The summed E-state index contributed by atoms with van der Waals surface area (Å²) < 4.78 is 0. The van der Waals surface area contributed by atoms with Crippen LogP contribution in [-0.2, 0) is 0 Å². The van der Waals surface area contributed by atoms with Crippen molar-refractivity contribution >= 4 is 17.3 Å². The number of anilines is 2. The second-order valence-electron chi connectivity index (χ2n) is 5.42. The van der Waals surface area contributed by atoms with Gasteiger partial charge in [0.05, 0.1) is 11.3 Å². The van der Waals surface area contributed by atoms with Crippen LogP contribution in [0.4, 0.5) is 11.4 Å². The average molecular weight is 283 g/mol. The average Bonchev–Trinajstić information content (AvgIpc) is 2.47. The molecular weight excluding hydrogens is 262 g/mol. The van der Waals surface area contributed by atoms with E-state index in [1.807, 2.05) is 43.3 Å². The van der Waals surface area contributed by atoms with Crippen LogP contribution in [0, 0.1) is 6.92 Å². The zero-order chi connectivity index (χ0) is 15.4. The van der Waals surface area contributed by atoms with Crippen molar-refractivity contribution in [2.45, 2.75) is 26.7 Å². The van der Waals surface area contributed by atoms with Crippen LogP contribution in [0.25, 0.3) is 0 Å². The summed E-state index contributed by atoms with van der Waals surface area (Å²) in [4.78, 5) is 12.3. The molecule has 0 aliphatic carbocycles. The molecule has 0 saturated carbocycles. The van der Waals surface area contributed by atoms with Crippen LogP contribution < -0.4 is 16.6 Å². The maximum atomic E-state index is 12.3. The first kappa shape index (κ1) is 15.1. The summed E-state index contributed by atoms with van der Waals surface area (Å²) in [5, 5.41) is 2.88. The molecule has 0 unspecified atom stereocenters. The molecule has 0 saturated heterocycles. The highest BCUT2D eigenvalue weighted by Gasteiger charge is 2.11. The predicted molar refractivity (Wildman–Crippen MR) is 87.5 cm³/mol. The largest absolute Gasteiger partial charge is 0.323 e. The van der Waals surface area contributed by atoms with E-state index in [-0.39, 0.29) is 5.91 Å². The van der Waals surface area contributed by atoms with Crippen molar-refractivity contribution < 1.29 is 4.79 Å². The molecule has 1 amide bonds. The van der Waals surface area contributed by atoms with E-state index < -0.39 is 0 Å². The third kappa shape index (κ3) is 3.61. The van der Waals surface area contributed by atoms with Gasteiger partial charge in [0.1, 0.15) is 0 Å². The fourth-order valence-electron chi connectivity index (χ4n) is 2.13. The number of benzene rings is 2. The molecule has 0 atom stereocenters. The minimum Gasteiger partial charge on any atom is -0.323 e. The second-order valence-corrected chi connectivity index (χ2v) is 5.42. The minimum atomic E-state index is -0.180. The number of nitrogens with one attached hydrogen (secondary N) is 2. The van der Waals surface area contributed by atoms with Crippen molar-refractivity contribution in [3.63, 3.8) is 0 Å². The molecule has 21 heavy (non-hydrogen) atoms. The van der Waals surface area contributed by atoms with Gasteiger partial charge < -0.3 is 10.7 Å². The van der Waals surface area contributed by atoms with Gasteiger partial charge in [0, 0.05) is 5.69 Å². The SMILES string of the molecule is Cc1ccc(C(=O)Nc2ccc(C(C)C)cc2)c(NN)c1. The minimum absolute atomic E-state index is 0.180. The molecule has 0 spiro atoms. The maximum absolute atomic E-state index is 12.3. The van der Waals surface area contributed by atoms with Crippen molar-refractivity contribution in [3.8, 4) is 0 Å². The van der Waals surface area contributed by atoms with Gasteiger partial charge in [0.2, 0.25) is 0 Å². The van der Waals surface area contributed by atoms with E-state index in [0.717, 1.165) is 11.3 Å². The zero-order valence-electron chi connectivity index (χ0n) is 12.6. The number of carbonyl (C=O) groups is 1. The number of hydrogen-bond donors (Lipinski definition) is 3. The molecule has 2 rings (SSSR count). The predicted octanol–water partition coefficient (Wildman–Crippen LogP) is 3.66. The molecule has 4 heteroatoms. The molecule has 2 aromatic carbocycles. The Morgan fingerprint density at radius 2 is 1.76 bits per heavy atom. The topological polar surface area (TPSA) is 67.2 Å². The standard InChI is InChI=1S/C17H21N3O/c1-11(2)13-5-7-14(8-6-13)19-17(21)15-9-4-12(3)10-16(15)20-18/h4-11,20H,18H2,1-3H3,(H,19,21). The Hall–Kier alpha value is -2.33. The summed E-state index contributed by atoms with van der Waals surface area (Å²) in [6.07, 6.45) is 0. The maximum Gasteiger partial charge on any atom is 0.257 e. The summed E-state index contributed by atoms with van der Waals surface area (Å²) in [7, 11) is 0. The van der Waals surface area contributed by atoms with Crippen LogP contribution in [0.1, 0.15) is 41.3 Å². The van der Waals surface area contributed by atoms with E-state index in [2.05, 4.69) is 24.6 Å². The van der Waals surface area contributed by atoms with Gasteiger partial charge >= 0.3 is 0 Å². The van der Waals surface area contributed by atoms with E-state index in [0.29, 0.717) is 17.2 Å². The highest BCUT2D eigenvalue weighted by atomic mass is 16.1. The van der Waals surface area contributed by atoms with Crippen molar-refractivity contribution in [1.82, 2.24) is 0 Å². The zero-order valence-corrected chi connectivity index (χ0v) is 12.6. The Balaban J connectivity index is 2.18. The van der Waals surface area contributed by atoms with Crippen molar-refractivity contribution in [2.24, 2.45) is 5.84 Å². The second kappa shape index (κ2) is 6.41. The first-order chi connectivity index (χ1) is 10.0. The van der Waals surface area contributed by atoms with Crippen molar-refractivity contribution in [3.05, 3.63) is 59.2 Å². The molecule has 110 valence electrons. The summed E-state index contributed by atoms with van der Waals surface area (Å²) in [6, 6.07) is 13.4. The molecule has 0 bridgehead atoms. The first-order valence-corrected chi connectivity index (χ1v) is 7.00. The van der Waals surface area contributed by atoms with Crippen LogP contribution in [0.3, 0.4) is 0 Å². The summed E-state index contributed by atoms with van der Waals surface area (Å²) in [6.45, 7) is 6.23. The normalized spacial score (nSPS) is 10.5. The van der Waals surface area contributed by atoms with Crippen LogP contribution in [0.2, 0.25) is 0 Å². The third-order valence-corrected chi connectivity index (χ3v) is 3.41. The molecular formula is C17H21N3O. The van der Waals surface area contributed by atoms with Gasteiger partial charge in [-0.15, -0.1) is 0 Å². The van der Waals surface area contributed by atoms with Crippen LogP contribution in [-0.4, -0.2) is 5.91 Å². The molecule has 0 radical (unpaired) electrons. The lowest BCUT2D eigenvalue weighted by Crippen LogP contribution is -2.17. The Labute approximate surface area is 125 Å². The highest BCUT2D eigenvalue weighted by molar-refractivity contribution is 6.08. The smallest absolute Gasteiger partial charge is 0.257 e. The molecule has 0 aliphatic heterocycles. The van der Waals surface area contributed by atoms with Crippen LogP contribution >= 0.6 is 0 Å². The Morgan fingerprint density at radius 1 is 1.10 bits per heavy atom. The van der Waals surface area contributed by atoms with E-state index in [4.69, 9.17) is 5.84 Å². The summed E-state index contributed by atoms with van der Waals surface area (Å²) in [5.74, 6) is 5.77. The molecule has 0 fully saturated rings. The molecule has 4 nitrogen and oxygen atoms in total. The van der Waals surface area contributed by atoms with Gasteiger partial charge in [0.25, 0.3) is 5.91 Å². The number of carbonyl (C=O) groups excluding carboxylic acids is 1. The highest BCUT2D eigenvalue weighted by Crippen LogP contribution is 2.20. The molecule has 0 heterocycles. The lowest BCUT2D eigenvalue weighted by atomic mass is 10.0. The molecule has 0 aliphatic rings. The number of hydrazine groups is 1. The van der Waals surface area contributed by atoms with Gasteiger partial charge in [-0.25, -0.2) is 0 Å². The quantitative estimate of drug-likeness (QED) is 0.592. The van der Waals surface area contributed by atoms with Crippen LogP contribution in [0.5, 0.6) is 0 Å². The third-order valence-electron chi connectivity index (χ3n) is 3.41. The lowest BCUT2D eigenvalue weighted by molar-refractivity contribution is 0.102. The fourth-order valence-corrected chi connectivity index (χ4v) is 2.13. The molecule has 2 aromatic rings. The number of hydrogen-bond acceptors (Lipinski definition) is 3. The first-order valence-electron chi connectivity index (χ1n) is 7.00. The Morgan fingerprint density at radius 3 is 2.33 bits per heavy atom. The van der Waals surface area contributed by atoms with Gasteiger partial charge in [-0.2, -0.15) is 0 Å². The van der Waals surface area contributed by atoms with Gasteiger partial charge in [-0.05, 0) is 48.2 Å². The van der Waals surface area contributed by atoms with Crippen LogP contribution in [0.15, 0.2) is 42.5 Å². The van der Waals surface area contributed by atoms with Gasteiger partial charge in [-0.3, -0.25) is 10.6 Å². The van der Waals surface area contributed by atoms with Gasteiger partial charge in [0.15, 0.2) is 0 Å². The number of aryl methyl sites for hydroxylation is 1. The van der Waals surface area contributed by atoms with Crippen molar-refractivity contribution in [2.75, 3.05) is 10.7 Å². The van der Waals surface area contributed by atoms with E-state index in [1.165, 1.54) is 5.56 Å². The number of nitrogens with two attached hydrogens (primary N) is 1. The number of nitrogen functional groups attached to an aromatic ring is 1. The molecule has 0 aromatic heterocycles. The van der Waals surface area contributed by atoms with E-state index in [1.54, 1.807) is 6.07 Å². The number of amides is 1. The monoisotopic (exact) mass is 283 g/mol. The fraction of sp³-hybridized carbons (Fsp3) is 0.235. The van der Waals surface area contributed by atoms with Gasteiger partial charge in [-0.1, -0.05) is 32.0 Å². The van der Waals surface area contributed by atoms with E-state index >= 15 is 0 Å². The Kier molecular flexibility index (Phi) is 4.60.